The average Bonchev–Trinajstić information content (AvgIpc) is 3.15. The number of hydrogen-bond donors (Lipinski definition) is 0. The molecule has 2 aliphatic heterocycles. The van der Waals surface area contributed by atoms with E-state index in [2.05, 4.69) is 19.9 Å². The molecule has 0 unspecified atom stereocenters. The molecule has 8 heteroatoms. The normalized spacial score (nSPS) is 18.4. The molecule has 0 aromatic carbocycles. The van der Waals surface area contributed by atoms with Crippen molar-refractivity contribution >= 4 is 15.8 Å². The van der Waals surface area contributed by atoms with Crippen molar-refractivity contribution in [3.8, 4) is 0 Å². The fraction of sp³-hybridized carbons (Fsp3) is 0.471. The summed E-state index contributed by atoms with van der Waals surface area (Å²) in [6, 6.07) is 3.22. The summed E-state index contributed by atoms with van der Waals surface area (Å²) < 4.78 is 27.2. The second-order valence-electron chi connectivity index (χ2n) is 6.49. The fourth-order valence-electron chi connectivity index (χ4n) is 3.55. The first-order chi connectivity index (χ1) is 12.1. The van der Waals surface area contributed by atoms with Crippen LogP contribution in [0, 0.1) is 6.92 Å². The van der Waals surface area contributed by atoms with Crippen molar-refractivity contribution in [3.63, 3.8) is 0 Å². The molecule has 7 nitrogen and oxygen atoms in total. The summed E-state index contributed by atoms with van der Waals surface area (Å²) >= 11 is 0. The zero-order chi connectivity index (χ0) is 17.4. The van der Waals surface area contributed by atoms with Gasteiger partial charge in [-0.15, -0.1) is 0 Å². The lowest BCUT2D eigenvalue weighted by Crippen LogP contribution is -2.38. The van der Waals surface area contributed by atoms with Crippen LogP contribution < -0.4 is 4.90 Å². The van der Waals surface area contributed by atoms with Crippen molar-refractivity contribution in [2.45, 2.75) is 37.6 Å². The van der Waals surface area contributed by atoms with Crippen LogP contribution in [0.2, 0.25) is 0 Å². The van der Waals surface area contributed by atoms with Gasteiger partial charge in [-0.1, -0.05) is 0 Å². The summed E-state index contributed by atoms with van der Waals surface area (Å²) in [4.78, 5) is 15.7. The Balaban J connectivity index is 1.68. The monoisotopic (exact) mass is 359 g/mol. The molecule has 0 aliphatic carbocycles. The van der Waals surface area contributed by atoms with Gasteiger partial charge in [0, 0.05) is 37.6 Å². The Labute approximate surface area is 147 Å². The number of sulfonamides is 1. The van der Waals surface area contributed by atoms with E-state index >= 15 is 0 Å². The van der Waals surface area contributed by atoms with Gasteiger partial charge in [0.15, 0.2) is 0 Å². The van der Waals surface area contributed by atoms with Crippen molar-refractivity contribution in [1.29, 1.82) is 0 Å². The molecule has 0 atom stereocenters. The topological polar surface area (TPSA) is 79.3 Å². The maximum absolute atomic E-state index is 12.9. The minimum Gasteiger partial charge on any atom is -0.356 e. The zero-order valence-corrected chi connectivity index (χ0v) is 15.0. The highest BCUT2D eigenvalue weighted by Gasteiger charge is 2.32. The molecule has 1 saturated heterocycles. The number of aryl methyl sites for hydroxylation is 1. The van der Waals surface area contributed by atoms with Gasteiger partial charge in [0.1, 0.15) is 16.5 Å². The average molecular weight is 359 g/mol. The molecule has 0 spiro atoms. The number of pyridine rings is 1. The quantitative estimate of drug-likeness (QED) is 0.827. The molecule has 2 aliphatic rings. The number of fused-ring (bicyclic) bond motifs is 1. The van der Waals surface area contributed by atoms with Crippen molar-refractivity contribution in [1.82, 2.24) is 19.3 Å². The first-order valence-electron chi connectivity index (χ1n) is 8.57. The van der Waals surface area contributed by atoms with Gasteiger partial charge < -0.3 is 4.90 Å². The van der Waals surface area contributed by atoms with Crippen LogP contribution in [0.4, 0.5) is 5.82 Å². The van der Waals surface area contributed by atoms with Crippen molar-refractivity contribution in [2.24, 2.45) is 0 Å². The van der Waals surface area contributed by atoms with Crippen LogP contribution in [0.25, 0.3) is 0 Å². The highest BCUT2D eigenvalue weighted by molar-refractivity contribution is 7.89. The Morgan fingerprint density at radius 1 is 1.12 bits per heavy atom. The Morgan fingerprint density at radius 2 is 1.92 bits per heavy atom. The molecule has 25 heavy (non-hydrogen) atoms. The molecule has 0 radical (unpaired) electrons. The summed E-state index contributed by atoms with van der Waals surface area (Å²) in [5, 5.41) is 0. The molecular formula is C17H21N5O2S. The lowest BCUT2D eigenvalue weighted by atomic mass is 10.1. The molecule has 0 N–H and O–H groups in total. The van der Waals surface area contributed by atoms with Crippen molar-refractivity contribution in [2.75, 3.05) is 24.5 Å². The lowest BCUT2D eigenvalue weighted by Gasteiger charge is -2.30. The standard InChI is InChI=1S/C17H21N5O2S/c1-13-19-16-12-22(25(23,24)14-5-4-7-18-11-14)10-6-15(16)17(20-13)21-8-2-3-9-21/h4-5,7,11H,2-3,6,8-10,12H2,1H3. The summed E-state index contributed by atoms with van der Waals surface area (Å²) in [5.41, 5.74) is 1.93. The maximum atomic E-state index is 12.9. The Hall–Kier alpha value is -2.06. The third-order valence-corrected chi connectivity index (χ3v) is 6.63. The number of aromatic nitrogens is 3. The van der Waals surface area contributed by atoms with Gasteiger partial charge in [0.2, 0.25) is 10.0 Å². The van der Waals surface area contributed by atoms with Gasteiger partial charge in [0.25, 0.3) is 0 Å². The third-order valence-electron chi connectivity index (χ3n) is 4.80. The van der Waals surface area contributed by atoms with Crippen molar-refractivity contribution < 1.29 is 8.42 Å². The number of nitrogens with zero attached hydrogens (tertiary/aromatic N) is 5. The van der Waals surface area contributed by atoms with Gasteiger partial charge in [-0.3, -0.25) is 4.98 Å². The Kier molecular flexibility index (Phi) is 4.16. The smallest absolute Gasteiger partial charge is 0.244 e. The molecule has 0 bridgehead atoms. The van der Waals surface area contributed by atoms with E-state index in [1.165, 1.54) is 23.3 Å². The van der Waals surface area contributed by atoms with Gasteiger partial charge >= 0.3 is 0 Å². The van der Waals surface area contributed by atoms with E-state index in [1.807, 2.05) is 6.92 Å². The zero-order valence-electron chi connectivity index (χ0n) is 14.2. The molecular weight excluding hydrogens is 338 g/mol. The lowest BCUT2D eigenvalue weighted by molar-refractivity contribution is 0.384. The predicted molar refractivity (Wildman–Crippen MR) is 93.8 cm³/mol. The third kappa shape index (κ3) is 3.00. The number of hydrogen-bond acceptors (Lipinski definition) is 6. The summed E-state index contributed by atoms with van der Waals surface area (Å²) in [5.74, 6) is 1.69. The van der Waals surface area contributed by atoms with Gasteiger partial charge in [-0.05, 0) is 38.3 Å². The molecule has 2 aromatic rings. The van der Waals surface area contributed by atoms with Crippen LogP contribution in [-0.2, 0) is 23.0 Å². The van der Waals surface area contributed by atoms with Crippen molar-refractivity contribution in [3.05, 3.63) is 41.6 Å². The SMILES string of the molecule is Cc1nc2c(c(N3CCCC3)n1)CCN(S(=O)(=O)c1cccnc1)C2. The van der Waals surface area contributed by atoms with E-state index in [9.17, 15) is 8.42 Å². The Bertz CT molecular complexity index is 879. The molecule has 0 saturated carbocycles. The number of anilines is 1. The molecule has 4 heterocycles. The van der Waals surface area contributed by atoms with Crippen LogP contribution in [0.3, 0.4) is 0 Å². The van der Waals surface area contributed by atoms with Crippen LogP contribution in [0.5, 0.6) is 0 Å². The summed E-state index contributed by atoms with van der Waals surface area (Å²) in [6.07, 6.45) is 5.97. The predicted octanol–water partition coefficient (Wildman–Crippen LogP) is 1.53. The van der Waals surface area contributed by atoms with E-state index in [4.69, 9.17) is 0 Å². The minimum atomic E-state index is -3.55. The molecule has 132 valence electrons. The van der Waals surface area contributed by atoms with Crippen LogP contribution >= 0.6 is 0 Å². The van der Waals surface area contributed by atoms with E-state index in [0.29, 0.717) is 18.8 Å². The largest absolute Gasteiger partial charge is 0.356 e. The molecule has 4 rings (SSSR count). The first kappa shape index (κ1) is 16.4. The van der Waals surface area contributed by atoms with Gasteiger partial charge in [-0.25, -0.2) is 18.4 Å². The van der Waals surface area contributed by atoms with Crippen LogP contribution in [-0.4, -0.2) is 47.3 Å². The van der Waals surface area contributed by atoms with E-state index in [1.54, 1.807) is 18.3 Å². The number of rotatable bonds is 3. The van der Waals surface area contributed by atoms with Crippen LogP contribution in [0.15, 0.2) is 29.4 Å². The summed E-state index contributed by atoms with van der Waals surface area (Å²) in [6.45, 7) is 4.63. The van der Waals surface area contributed by atoms with Gasteiger partial charge in [0.05, 0.1) is 12.2 Å². The molecule has 2 aromatic heterocycles. The van der Waals surface area contributed by atoms with Gasteiger partial charge in [-0.2, -0.15) is 4.31 Å². The fourth-order valence-corrected chi connectivity index (χ4v) is 4.92. The van der Waals surface area contributed by atoms with E-state index in [-0.39, 0.29) is 11.4 Å². The highest BCUT2D eigenvalue weighted by atomic mass is 32.2. The van der Waals surface area contributed by atoms with E-state index < -0.39 is 10.0 Å². The minimum absolute atomic E-state index is 0.226. The second-order valence-corrected chi connectivity index (χ2v) is 8.43. The highest BCUT2D eigenvalue weighted by Crippen LogP contribution is 2.30. The molecule has 1 fully saturated rings. The second kappa shape index (κ2) is 6.34. The molecule has 0 amide bonds. The Morgan fingerprint density at radius 3 is 2.64 bits per heavy atom. The summed E-state index contributed by atoms with van der Waals surface area (Å²) in [7, 11) is -3.55. The maximum Gasteiger partial charge on any atom is 0.244 e. The van der Waals surface area contributed by atoms with Crippen LogP contribution in [0.1, 0.15) is 29.9 Å². The first-order valence-corrected chi connectivity index (χ1v) is 10.0. The van der Waals surface area contributed by atoms with E-state index in [0.717, 1.165) is 30.2 Å².